The third kappa shape index (κ3) is 3.29. The fraction of sp³-hybridized carbons (Fsp3) is 0.769. The predicted molar refractivity (Wildman–Crippen MR) is 71.9 cm³/mol. The summed E-state index contributed by atoms with van der Waals surface area (Å²) in [7, 11) is 0. The van der Waals surface area contributed by atoms with Crippen LogP contribution in [0.25, 0.3) is 0 Å². The lowest BCUT2D eigenvalue weighted by Gasteiger charge is -2.32. The summed E-state index contributed by atoms with van der Waals surface area (Å²) >= 11 is 1.75. The van der Waals surface area contributed by atoms with Crippen LogP contribution in [0.5, 0.6) is 0 Å². The summed E-state index contributed by atoms with van der Waals surface area (Å²) in [5.41, 5.74) is 1.09. The summed E-state index contributed by atoms with van der Waals surface area (Å²) in [6, 6.07) is 0.555. The lowest BCUT2D eigenvalue weighted by molar-refractivity contribution is 0.282. The van der Waals surface area contributed by atoms with E-state index >= 15 is 0 Å². The molecule has 0 amide bonds. The molecule has 0 fully saturated rings. The second-order valence-corrected chi connectivity index (χ2v) is 6.18. The van der Waals surface area contributed by atoms with Gasteiger partial charge in [0.05, 0.1) is 5.54 Å². The van der Waals surface area contributed by atoms with Crippen LogP contribution in [0.4, 0.5) is 0 Å². The Labute approximate surface area is 103 Å². The number of rotatable bonds is 5. The lowest BCUT2D eigenvalue weighted by Crippen LogP contribution is -2.45. The molecule has 1 heterocycles. The van der Waals surface area contributed by atoms with Crippen molar-refractivity contribution in [1.29, 1.82) is 0 Å². The van der Waals surface area contributed by atoms with Gasteiger partial charge in [-0.2, -0.15) is 0 Å². The smallest absolute Gasteiger partial charge is 0.112 e. The van der Waals surface area contributed by atoms with Crippen LogP contribution in [0.1, 0.15) is 51.7 Å². The van der Waals surface area contributed by atoms with Crippen LogP contribution >= 0.6 is 11.3 Å². The Balaban J connectivity index is 2.78. The first-order chi connectivity index (χ1) is 7.36. The van der Waals surface area contributed by atoms with Crippen molar-refractivity contribution in [1.82, 2.24) is 10.3 Å². The molecule has 2 nitrogen and oxygen atoms in total. The van der Waals surface area contributed by atoms with Crippen molar-refractivity contribution in [3.05, 3.63) is 16.1 Å². The van der Waals surface area contributed by atoms with Gasteiger partial charge < -0.3 is 5.32 Å². The largest absolute Gasteiger partial charge is 0.303 e. The van der Waals surface area contributed by atoms with Crippen LogP contribution in [0.3, 0.4) is 0 Å². The zero-order valence-electron chi connectivity index (χ0n) is 11.3. The van der Waals surface area contributed by atoms with Gasteiger partial charge >= 0.3 is 0 Å². The van der Waals surface area contributed by atoms with Gasteiger partial charge in [-0.1, -0.05) is 20.8 Å². The topological polar surface area (TPSA) is 24.9 Å². The monoisotopic (exact) mass is 240 g/mol. The van der Waals surface area contributed by atoms with E-state index in [1.54, 1.807) is 11.3 Å². The summed E-state index contributed by atoms with van der Waals surface area (Å²) in [5, 5.41) is 7.02. The molecule has 0 aromatic carbocycles. The molecule has 0 radical (unpaired) electrons. The quantitative estimate of drug-likeness (QED) is 0.848. The molecule has 0 aliphatic carbocycles. The fourth-order valence-electron chi connectivity index (χ4n) is 1.91. The molecule has 0 aliphatic rings. The van der Waals surface area contributed by atoms with Crippen molar-refractivity contribution in [3.8, 4) is 0 Å². The Morgan fingerprint density at radius 1 is 1.44 bits per heavy atom. The second kappa shape index (κ2) is 5.28. The van der Waals surface area contributed by atoms with Crippen molar-refractivity contribution >= 4 is 11.3 Å². The van der Waals surface area contributed by atoms with Crippen molar-refractivity contribution in [2.75, 3.05) is 0 Å². The van der Waals surface area contributed by atoms with Crippen molar-refractivity contribution in [3.63, 3.8) is 0 Å². The minimum absolute atomic E-state index is 0.0239. The highest BCUT2D eigenvalue weighted by Crippen LogP contribution is 2.25. The Bertz CT molecular complexity index is 328. The molecule has 1 aromatic rings. The minimum atomic E-state index is -0.0239. The van der Waals surface area contributed by atoms with Gasteiger partial charge in [0.2, 0.25) is 0 Å². The number of aryl methyl sites for hydroxylation is 1. The summed E-state index contributed by atoms with van der Waals surface area (Å²) < 4.78 is 0. The Morgan fingerprint density at radius 3 is 2.44 bits per heavy atom. The molecule has 1 N–H and O–H groups in total. The molecule has 92 valence electrons. The molecule has 1 aromatic heterocycles. The first kappa shape index (κ1) is 13.7. The SMILES string of the molecule is CCC(NC(C)(C)c1nc(C)cs1)C(C)C. The van der Waals surface area contributed by atoms with Crippen molar-refractivity contribution in [2.24, 2.45) is 5.92 Å². The van der Waals surface area contributed by atoms with Crippen LogP contribution in [-0.4, -0.2) is 11.0 Å². The maximum atomic E-state index is 4.59. The van der Waals surface area contributed by atoms with Crippen LogP contribution in [0.15, 0.2) is 5.38 Å². The highest BCUT2D eigenvalue weighted by Gasteiger charge is 2.27. The number of hydrogen-bond acceptors (Lipinski definition) is 3. The van der Waals surface area contributed by atoms with Crippen molar-refractivity contribution in [2.45, 2.75) is 59.5 Å². The lowest BCUT2D eigenvalue weighted by atomic mass is 9.97. The van der Waals surface area contributed by atoms with Gasteiger partial charge in [-0.05, 0) is 33.1 Å². The second-order valence-electron chi connectivity index (χ2n) is 5.32. The van der Waals surface area contributed by atoms with Gasteiger partial charge in [0.1, 0.15) is 5.01 Å². The molecule has 0 spiro atoms. The van der Waals surface area contributed by atoms with Gasteiger partial charge in [0.15, 0.2) is 0 Å². The van der Waals surface area contributed by atoms with E-state index in [2.05, 4.69) is 57.2 Å². The molecule has 1 atom stereocenters. The average molecular weight is 240 g/mol. The van der Waals surface area contributed by atoms with Gasteiger partial charge in [0.25, 0.3) is 0 Å². The van der Waals surface area contributed by atoms with Crippen LogP contribution in [0, 0.1) is 12.8 Å². The number of nitrogens with one attached hydrogen (secondary N) is 1. The van der Waals surface area contributed by atoms with Gasteiger partial charge in [-0.25, -0.2) is 4.98 Å². The van der Waals surface area contributed by atoms with E-state index in [1.165, 1.54) is 5.01 Å². The van der Waals surface area contributed by atoms with Crippen LogP contribution in [0.2, 0.25) is 0 Å². The van der Waals surface area contributed by atoms with E-state index in [0.29, 0.717) is 12.0 Å². The summed E-state index contributed by atoms with van der Waals surface area (Å²) in [5.74, 6) is 0.658. The molecule has 0 bridgehead atoms. The molecule has 1 rings (SSSR count). The normalized spacial score (nSPS) is 14.4. The highest BCUT2D eigenvalue weighted by molar-refractivity contribution is 7.09. The number of nitrogens with zero attached hydrogens (tertiary/aromatic N) is 1. The van der Waals surface area contributed by atoms with E-state index in [4.69, 9.17) is 0 Å². The summed E-state index contributed by atoms with van der Waals surface area (Å²) in [4.78, 5) is 4.59. The third-order valence-electron chi connectivity index (χ3n) is 2.94. The van der Waals surface area contributed by atoms with Crippen molar-refractivity contribution < 1.29 is 0 Å². The van der Waals surface area contributed by atoms with E-state index in [1.807, 2.05) is 0 Å². The summed E-state index contributed by atoms with van der Waals surface area (Å²) in [6.07, 6.45) is 1.16. The number of aromatic nitrogens is 1. The number of thiazole rings is 1. The molecular weight excluding hydrogens is 216 g/mol. The molecular formula is C13H24N2S. The fourth-order valence-corrected chi connectivity index (χ4v) is 2.79. The molecule has 3 heteroatoms. The molecule has 0 aliphatic heterocycles. The minimum Gasteiger partial charge on any atom is -0.303 e. The predicted octanol–water partition coefficient (Wildman–Crippen LogP) is 3.71. The Morgan fingerprint density at radius 2 is 2.06 bits per heavy atom. The van der Waals surface area contributed by atoms with Crippen LogP contribution < -0.4 is 5.32 Å². The number of hydrogen-bond donors (Lipinski definition) is 1. The Kier molecular flexibility index (Phi) is 4.51. The first-order valence-corrected chi connectivity index (χ1v) is 6.95. The average Bonchev–Trinajstić information content (AvgIpc) is 2.61. The van der Waals surface area contributed by atoms with E-state index in [0.717, 1.165) is 12.1 Å². The third-order valence-corrected chi connectivity index (χ3v) is 4.23. The van der Waals surface area contributed by atoms with Gasteiger partial charge in [0, 0.05) is 17.1 Å². The molecule has 0 saturated heterocycles. The maximum Gasteiger partial charge on any atom is 0.112 e. The Hall–Kier alpha value is -0.410. The molecule has 16 heavy (non-hydrogen) atoms. The van der Waals surface area contributed by atoms with E-state index < -0.39 is 0 Å². The zero-order valence-corrected chi connectivity index (χ0v) is 12.1. The highest BCUT2D eigenvalue weighted by atomic mass is 32.1. The van der Waals surface area contributed by atoms with E-state index in [9.17, 15) is 0 Å². The van der Waals surface area contributed by atoms with Gasteiger partial charge in [-0.3, -0.25) is 0 Å². The van der Waals surface area contributed by atoms with E-state index in [-0.39, 0.29) is 5.54 Å². The van der Waals surface area contributed by atoms with Gasteiger partial charge in [-0.15, -0.1) is 11.3 Å². The molecule has 0 saturated carbocycles. The standard InChI is InChI=1S/C13H24N2S/c1-7-11(9(2)3)15-13(5,6)12-14-10(4)8-16-12/h8-9,11,15H,7H2,1-6H3. The van der Waals surface area contributed by atoms with Crippen LogP contribution in [-0.2, 0) is 5.54 Å². The zero-order chi connectivity index (χ0) is 12.3. The first-order valence-electron chi connectivity index (χ1n) is 6.07. The summed E-state index contributed by atoms with van der Waals surface area (Å²) in [6.45, 7) is 13.3. The molecule has 1 unspecified atom stereocenters. The maximum absolute atomic E-state index is 4.59.